The van der Waals surface area contributed by atoms with Crippen LogP contribution in [0.4, 0.5) is 4.39 Å². The fourth-order valence-corrected chi connectivity index (χ4v) is 7.48. The summed E-state index contributed by atoms with van der Waals surface area (Å²) in [7, 11) is -3.96. The molecule has 41 heavy (non-hydrogen) atoms. The van der Waals surface area contributed by atoms with Crippen molar-refractivity contribution < 1.29 is 27.1 Å². The van der Waals surface area contributed by atoms with Crippen LogP contribution in [0.3, 0.4) is 0 Å². The van der Waals surface area contributed by atoms with Gasteiger partial charge >= 0.3 is 5.97 Å². The summed E-state index contributed by atoms with van der Waals surface area (Å²) in [4.78, 5) is 25.8. The van der Waals surface area contributed by atoms with Gasteiger partial charge in [0.15, 0.2) is 0 Å². The fourth-order valence-electron chi connectivity index (χ4n) is 4.40. The molecule has 218 valence electrons. The first-order valence-corrected chi connectivity index (χ1v) is 15.8. The maximum Gasteiger partial charge on any atom is 0.323 e. The number of rotatable bonds is 11. The molecule has 1 saturated heterocycles. The van der Waals surface area contributed by atoms with Crippen molar-refractivity contribution in [2.24, 2.45) is 11.7 Å². The van der Waals surface area contributed by atoms with E-state index in [1.807, 2.05) is 44.2 Å². The van der Waals surface area contributed by atoms with Crippen molar-refractivity contribution in [2.45, 2.75) is 42.6 Å². The van der Waals surface area contributed by atoms with Crippen molar-refractivity contribution in [1.82, 2.24) is 9.62 Å². The highest BCUT2D eigenvalue weighted by molar-refractivity contribution is 8.02. The van der Waals surface area contributed by atoms with Gasteiger partial charge < -0.3 is 15.8 Å². The molecular weight excluding hydrogens is 565 g/mol. The molecule has 0 radical (unpaired) electrons. The first-order valence-electron chi connectivity index (χ1n) is 13.3. The summed E-state index contributed by atoms with van der Waals surface area (Å²) < 4.78 is 47.3. The average Bonchev–Trinajstić information content (AvgIpc) is 3.48. The molecule has 0 aliphatic carbocycles. The van der Waals surface area contributed by atoms with Crippen LogP contribution in [0.2, 0.25) is 0 Å². The maximum atomic E-state index is 13.6. The van der Waals surface area contributed by atoms with Gasteiger partial charge in [-0.15, -0.1) is 11.8 Å². The summed E-state index contributed by atoms with van der Waals surface area (Å²) in [5.74, 6) is -1.14. The molecule has 4 rings (SSSR count). The second-order valence-electron chi connectivity index (χ2n) is 10.1. The summed E-state index contributed by atoms with van der Waals surface area (Å²) in [6, 6.07) is 20.4. The van der Waals surface area contributed by atoms with E-state index in [2.05, 4.69) is 5.32 Å². The molecule has 1 aliphatic heterocycles. The lowest BCUT2D eigenvalue weighted by molar-refractivity contribution is -0.146. The van der Waals surface area contributed by atoms with E-state index in [0.717, 1.165) is 11.1 Å². The zero-order chi connectivity index (χ0) is 29.6. The third-order valence-electron chi connectivity index (χ3n) is 6.87. The third kappa shape index (κ3) is 7.53. The maximum absolute atomic E-state index is 13.6. The van der Waals surface area contributed by atoms with Gasteiger partial charge in [0.05, 0.1) is 17.5 Å². The second-order valence-corrected chi connectivity index (χ2v) is 13.1. The third-order valence-corrected chi connectivity index (χ3v) is 10.1. The lowest BCUT2D eigenvalue weighted by atomic mass is 10.0. The molecule has 11 heteroatoms. The molecule has 0 spiro atoms. The van der Waals surface area contributed by atoms with Crippen LogP contribution in [0.15, 0.2) is 83.8 Å². The van der Waals surface area contributed by atoms with Gasteiger partial charge in [-0.05, 0) is 46.9 Å². The molecule has 1 amide bonds. The quantitative estimate of drug-likeness (QED) is 0.315. The Morgan fingerprint density at radius 2 is 1.66 bits per heavy atom. The normalized spacial score (nSPS) is 17.2. The number of carbonyl (C=O) groups excluding carboxylic acids is 2. The van der Waals surface area contributed by atoms with Gasteiger partial charge in [-0.1, -0.05) is 68.4 Å². The van der Waals surface area contributed by atoms with Crippen molar-refractivity contribution in [3.63, 3.8) is 0 Å². The number of amides is 1. The predicted molar refractivity (Wildman–Crippen MR) is 158 cm³/mol. The minimum Gasteiger partial charge on any atom is -0.464 e. The van der Waals surface area contributed by atoms with Crippen LogP contribution in [0.1, 0.15) is 31.9 Å². The second kappa shape index (κ2) is 13.6. The molecule has 0 saturated carbocycles. The molecule has 1 aliphatic rings. The zero-order valence-corrected chi connectivity index (χ0v) is 24.5. The van der Waals surface area contributed by atoms with E-state index in [-0.39, 0.29) is 30.4 Å². The van der Waals surface area contributed by atoms with Crippen LogP contribution in [-0.2, 0) is 24.3 Å². The first kappa shape index (κ1) is 30.7. The van der Waals surface area contributed by atoms with E-state index in [1.54, 1.807) is 24.3 Å². The summed E-state index contributed by atoms with van der Waals surface area (Å²) in [5.41, 5.74) is 8.30. The Kier molecular flexibility index (Phi) is 10.2. The van der Waals surface area contributed by atoms with E-state index < -0.39 is 45.2 Å². The van der Waals surface area contributed by atoms with Crippen molar-refractivity contribution in [2.75, 3.05) is 18.9 Å². The molecule has 3 aromatic carbocycles. The Morgan fingerprint density at radius 3 is 2.29 bits per heavy atom. The molecule has 0 aromatic heterocycles. The van der Waals surface area contributed by atoms with Crippen molar-refractivity contribution in [3.8, 4) is 11.1 Å². The minimum atomic E-state index is -3.96. The Bertz CT molecular complexity index is 1440. The monoisotopic (exact) mass is 599 g/mol. The van der Waals surface area contributed by atoms with Crippen LogP contribution in [-0.4, -0.2) is 54.9 Å². The van der Waals surface area contributed by atoms with Gasteiger partial charge in [0, 0.05) is 18.7 Å². The number of nitrogens with two attached hydrogens (primary N) is 1. The van der Waals surface area contributed by atoms with Crippen LogP contribution in [0.5, 0.6) is 0 Å². The molecular formula is C30H34FN3O5S2. The zero-order valence-electron chi connectivity index (χ0n) is 22.9. The number of halogens is 1. The predicted octanol–water partition coefficient (Wildman–Crippen LogP) is 4.33. The summed E-state index contributed by atoms with van der Waals surface area (Å²) >= 11 is 1.23. The fraction of sp³-hybridized carbons (Fsp3) is 0.333. The van der Waals surface area contributed by atoms with Crippen LogP contribution in [0.25, 0.3) is 11.1 Å². The first-order chi connectivity index (χ1) is 19.6. The number of thioether (sulfide) groups is 1. The molecule has 1 fully saturated rings. The van der Waals surface area contributed by atoms with E-state index >= 15 is 0 Å². The Morgan fingerprint density at radius 1 is 1.02 bits per heavy atom. The highest BCUT2D eigenvalue weighted by atomic mass is 32.2. The number of benzene rings is 3. The number of ether oxygens (including phenoxy) is 1. The molecule has 2 unspecified atom stereocenters. The van der Waals surface area contributed by atoms with Crippen LogP contribution < -0.4 is 11.1 Å². The SMILES string of the molecule is CC(C)C(N)C(=O)OCC[C@H](NC(=O)C1SCCN1S(=O)(=O)c1ccc(-c2ccccc2)cc1)c1ccc(F)cc1. The van der Waals surface area contributed by atoms with Crippen molar-refractivity contribution in [1.29, 1.82) is 0 Å². The highest BCUT2D eigenvalue weighted by Crippen LogP contribution is 2.32. The Labute approximate surface area is 244 Å². The number of esters is 1. The van der Waals surface area contributed by atoms with E-state index in [1.165, 1.54) is 40.3 Å². The van der Waals surface area contributed by atoms with Crippen LogP contribution in [0, 0.1) is 11.7 Å². The Hall–Kier alpha value is -3.25. The van der Waals surface area contributed by atoms with Gasteiger partial charge in [0.1, 0.15) is 17.2 Å². The van der Waals surface area contributed by atoms with Gasteiger partial charge in [-0.3, -0.25) is 9.59 Å². The number of hydrogen-bond acceptors (Lipinski definition) is 7. The number of carbonyl (C=O) groups is 2. The number of sulfonamides is 1. The van der Waals surface area contributed by atoms with Crippen molar-refractivity contribution >= 4 is 33.7 Å². The molecule has 8 nitrogen and oxygen atoms in total. The highest BCUT2D eigenvalue weighted by Gasteiger charge is 2.40. The van der Waals surface area contributed by atoms with Crippen LogP contribution >= 0.6 is 11.8 Å². The average molecular weight is 600 g/mol. The van der Waals surface area contributed by atoms with E-state index in [0.29, 0.717) is 11.3 Å². The van der Waals surface area contributed by atoms with Gasteiger partial charge in [-0.25, -0.2) is 12.8 Å². The summed E-state index contributed by atoms with van der Waals surface area (Å²) in [5, 5.41) is 1.90. The standard InChI is InChI=1S/C30H34FN3O5S2/c1-20(2)27(32)30(36)39-18-16-26(23-8-12-24(31)13-9-23)33-28(35)29-34(17-19-40-29)41(37,38)25-14-10-22(11-15-25)21-6-4-3-5-7-21/h3-15,20,26-27,29H,16-19,32H2,1-2H3,(H,33,35)/t26-,27?,29?/m0/s1. The van der Waals surface area contributed by atoms with Gasteiger partial charge in [0.25, 0.3) is 0 Å². The molecule has 3 N–H and O–H groups in total. The smallest absolute Gasteiger partial charge is 0.323 e. The lowest BCUT2D eigenvalue weighted by Gasteiger charge is -2.26. The molecule has 0 bridgehead atoms. The van der Waals surface area contributed by atoms with E-state index in [4.69, 9.17) is 10.5 Å². The Balaban J connectivity index is 1.48. The van der Waals surface area contributed by atoms with E-state index in [9.17, 15) is 22.4 Å². The van der Waals surface area contributed by atoms with Gasteiger partial charge in [-0.2, -0.15) is 4.31 Å². The largest absolute Gasteiger partial charge is 0.464 e. The number of hydrogen-bond donors (Lipinski definition) is 2. The van der Waals surface area contributed by atoms with Gasteiger partial charge in [0.2, 0.25) is 15.9 Å². The minimum absolute atomic E-state index is 0.0326. The number of nitrogens with one attached hydrogen (secondary N) is 1. The lowest BCUT2D eigenvalue weighted by Crippen LogP contribution is -2.46. The molecule has 1 heterocycles. The van der Waals surface area contributed by atoms with Crippen molar-refractivity contribution in [3.05, 3.63) is 90.2 Å². The number of nitrogens with zero attached hydrogens (tertiary/aromatic N) is 1. The summed E-state index contributed by atoms with van der Waals surface area (Å²) in [6.07, 6.45) is 0.193. The topological polar surface area (TPSA) is 119 Å². The molecule has 3 aromatic rings. The summed E-state index contributed by atoms with van der Waals surface area (Å²) in [6.45, 7) is 3.76. The molecule has 3 atom stereocenters.